The fourth-order valence-electron chi connectivity index (χ4n) is 2.11. The first-order chi connectivity index (χ1) is 6.11. The van der Waals surface area contributed by atoms with Crippen molar-refractivity contribution in [3.05, 3.63) is 0 Å². The van der Waals surface area contributed by atoms with Gasteiger partial charge < -0.3 is 19.8 Å². The van der Waals surface area contributed by atoms with Crippen LogP contribution in [0.3, 0.4) is 0 Å². The summed E-state index contributed by atoms with van der Waals surface area (Å²) >= 11 is 0. The van der Waals surface area contributed by atoms with E-state index in [0.717, 1.165) is 0 Å². The Balaban J connectivity index is 2.01. The minimum Gasteiger partial charge on any atom is -0.465 e. The third kappa shape index (κ3) is 1.49. The van der Waals surface area contributed by atoms with E-state index in [9.17, 15) is 9.90 Å². The van der Waals surface area contributed by atoms with Crippen molar-refractivity contribution < 1.29 is 19.7 Å². The van der Waals surface area contributed by atoms with Crippen LogP contribution in [0.4, 0.5) is 4.79 Å². The van der Waals surface area contributed by atoms with Gasteiger partial charge >= 0.3 is 6.09 Å². The van der Waals surface area contributed by atoms with Gasteiger partial charge in [-0.1, -0.05) is 0 Å². The molecule has 2 N–H and O–H groups in total. The standard InChI is InChI=1S/C8H13NO4/c10-6-3-8(13-4-6)1-2-9(5-8)7(11)12/h6,10H,1-5H2,(H,11,12). The van der Waals surface area contributed by atoms with Crippen LogP contribution in [0.25, 0.3) is 0 Å². The number of carboxylic acid groups (broad SMARTS) is 1. The van der Waals surface area contributed by atoms with Crippen molar-refractivity contribution >= 4 is 6.09 Å². The molecule has 2 atom stereocenters. The number of ether oxygens (including phenoxy) is 1. The van der Waals surface area contributed by atoms with E-state index in [1.807, 2.05) is 0 Å². The number of likely N-dealkylation sites (tertiary alicyclic amines) is 1. The maximum Gasteiger partial charge on any atom is 0.407 e. The number of aliphatic hydroxyl groups is 1. The number of rotatable bonds is 0. The van der Waals surface area contributed by atoms with Crippen LogP contribution in [0, 0.1) is 0 Å². The highest BCUT2D eigenvalue weighted by Gasteiger charge is 2.46. The highest BCUT2D eigenvalue weighted by Crippen LogP contribution is 2.34. The van der Waals surface area contributed by atoms with Crippen LogP contribution < -0.4 is 0 Å². The zero-order valence-corrected chi connectivity index (χ0v) is 7.27. The van der Waals surface area contributed by atoms with Gasteiger partial charge in [-0.3, -0.25) is 0 Å². The van der Waals surface area contributed by atoms with E-state index in [-0.39, 0.29) is 0 Å². The van der Waals surface area contributed by atoms with Gasteiger partial charge in [0.25, 0.3) is 0 Å². The molecule has 74 valence electrons. The van der Waals surface area contributed by atoms with Crippen molar-refractivity contribution in [2.24, 2.45) is 0 Å². The van der Waals surface area contributed by atoms with E-state index >= 15 is 0 Å². The fraction of sp³-hybridized carbons (Fsp3) is 0.875. The van der Waals surface area contributed by atoms with Crippen molar-refractivity contribution in [1.82, 2.24) is 4.90 Å². The summed E-state index contributed by atoms with van der Waals surface area (Å²) in [7, 11) is 0. The highest BCUT2D eigenvalue weighted by atomic mass is 16.5. The lowest BCUT2D eigenvalue weighted by Gasteiger charge is -2.21. The summed E-state index contributed by atoms with van der Waals surface area (Å²) < 4.78 is 5.44. The summed E-state index contributed by atoms with van der Waals surface area (Å²) in [5.41, 5.74) is -0.391. The summed E-state index contributed by atoms with van der Waals surface area (Å²) in [6.45, 7) is 1.26. The van der Waals surface area contributed by atoms with Gasteiger partial charge in [0.15, 0.2) is 0 Å². The van der Waals surface area contributed by atoms with Crippen LogP contribution in [0.5, 0.6) is 0 Å². The van der Waals surface area contributed by atoms with Crippen LogP contribution >= 0.6 is 0 Å². The lowest BCUT2D eigenvalue weighted by molar-refractivity contribution is 0.00978. The molecule has 2 saturated heterocycles. The van der Waals surface area contributed by atoms with Gasteiger partial charge in [-0.15, -0.1) is 0 Å². The van der Waals surface area contributed by atoms with Crippen molar-refractivity contribution in [3.8, 4) is 0 Å². The maximum atomic E-state index is 10.6. The SMILES string of the molecule is O=C(O)N1CCC2(CC(O)CO2)C1. The van der Waals surface area contributed by atoms with Gasteiger partial charge in [0.2, 0.25) is 0 Å². The summed E-state index contributed by atoms with van der Waals surface area (Å²) in [6.07, 6.45) is -0.0525. The Hall–Kier alpha value is -0.810. The smallest absolute Gasteiger partial charge is 0.407 e. The van der Waals surface area contributed by atoms with Gasteiger partial charge in [-0.2, -0.15) is 0 Å². The summed E-state index contributed by atoms with van der Waals surface area (Å²) in [5, 5.41) is 18.0. The van der Waals surface area contributed by atoms with E-state index in [4.69, 9.17) is 9.84 Å². The lowest BCUT2D eigenvalue weighted by atomic mass is 9.98. The lowest BCUT2D eigenvalue weighted by Crippen LogP contribution is -2.35. The van der Waals surface area contributed by atoms with E-state index in [2.05, 4.69) is 0 Å². The van der Waals surface area contributed by atoms with Crippen LogP contribution in [-0.2, 0) is 4.74 Å². The topological polar surface area (TPSA) is 70.0 Å². The number of aliphatic hydroxyl groups excluding tert-OH is 1. The van der Waals surface area contributed by atoms with Crippen LogP contribution in [0.1, 0.15) is 12.8 Å². The minimum absolute atomic E-state index is 0.341. The van der Waals surface area contributed by atoms with Crippen molar-refractivity contribution in [1.29, 1.82) is 0 Å². The van der Waals surface area contributed by atoms with Crippen LogP contribution in [0.15, 0.2) is 0 Å². The summed E-state index contributed by atoms with van der Waals surface area (Å²) in [4.78, 5) is 12.0. The molecule has 1 spiro atoms. The molecule has 2 aliphatic rings. The first-order valence-electron chi connectivity index (χ1n) is 4.41. The molecule has 0 saturated carbocycles. The number of amides is 1. The molecule has 2 unspecified atom stereocenters. The molecule has 1 amide bonds. The van der Waals surface area contributed by atoms with Crippen LogP contribution in [-0.4, -0.2) is 52.6 Å². The Kier molecular flexibility index (Phi) is 1.92. The van der Waals surface area contributed by atoms with Crippen molar-refractivity contribution in [3.63, 3.8) is 0 Å². The Morgan fingerprint density at radius 1 is 1.62 bits per heavy atom. The zero-order chi connectivity index (χ0) is 9.47. The van der Waals surface area contributed by atoms with Crippen molar-refractivity contribution in [2.75, 3.05) is 19.7 Å². The van der Waals surface area contributed by atoms with E-state index in [1.165, 1.54) is 4.90 Å². The molecule has 0 aromatic heterocycles. The van der Waals surface area contributed by atoms with Gasteiger partial charge in [0.05, 0.1) is 24.9 Å². The average molecular weight is 187 g/mol. The molecule has 0 radical (unpaired) electrons. The highest BCUT2D eigenvalue weighted by molar-refractivity contribution is 5.65. The third-order valence-electron chi connectivity index (χ3n) is 2.78. The second-order valence-corrected chi connectivity index (χ2v) is 3.81. The Morgan fingerprint density at radius 2 is 2.38 bits per heavy atom. The molecule has 0 aromatic rings. The van der Waals surface area contributed by atoms with Gasteiger partial charge in [0.1, 0.15) is 0 Å². The van der Waals surface area contributed by atoms with E-state index in [1.54, 1.807) is 0 Å². The first-order valence-corrected chi connectivity index (χ1v) is 4.41. The number of carbonyl (C=O) groups is 1. The number of hydrogen-bond acceptors (Lipinski definition) is 3. The predicted octanol–water partition coefficient (Wildman–Crippen LogP) is -0.110. The Labute approximate surface area is 75.9 Å². The largest absolute Gasteiger partial charge is 0.465 e. The monoisotopic (exact) mass is 187 g/mol. The molecular weight excluding hydrogens is 174 g/mol. The number of hydrogen-bond donors (Lipinski definition) is 2. The first kappa shape index (κ1) is 8.77. The van der Waals surface area contributed by atoms with Gasteiger partial charge in [-0.25, -0.2) is 4.79 Å². The molecule has 2 fully saturated rings. The normalized spacial score (nSPS) is 38.8. The molecule has 0 aliphatic carbocycles. The second-order valence-electron chi connectivity index (χ2n) is 3.81. The molecule has 2 heterocycles. The molecule has 5 nitrogen and oxygen atoms in total. The quantitative estimate of drug-likeness (QED) is 0.555. The molecule has 0 aromatic carbocycles. The molecule has 5 heteroatoms. The Morgan fingerprint density at radius 3 is 2.85 bits per heavy atom. The summed E-state index contributed by atoms with van der Waals surface area (Å²) in [6, 6.07) is 0. The molecule has 2 aliphatic heterocycles. The zero-order valence-electron chi connectivity index (χ0n) is 7.27. The van der Waals surface area contributed by atoms with Gasteiger partial charge in [-0.05, 0) is 6.42 Å². The van der Waals surface area contributed by atoms with Crippen LogP contribution in [0.2, 0.25) is 0 Å². The number of nitrogens with zero attached hydrogens (tertiary/aromatic N) is 1. The molecular formula is C8H13NO4. The van der Waals surface area contributed by atoms with Crippen molar-refractivity contribution in [2.45, 2.75) is 24.5 Å². The van der Waals surface area contributed by atoms with E-state index < -0.39 is 17.8 Å². The predicted molar refractivity (Wildman–Crippen MR) is 43.5 cm³/mol. The fourth-order valence-corrected chi connectivity index (χ4v) is 2.11. The maximum absolute atomic E-state index is 10.6. The average Bonchev–Trinajstić information content (AvgIpc) is 2.61. The van der Waals surface area contributed by atoms with Gasteiger partial charge in [0, 0.05) is 13.0 Å². The molecule has 2 rings (SSSR count). The third-order valence-corrected chi connectivity index (χ3v) is 2.78. The Bertz CT molecular complexity index is 232. The van der Waals surface area contributed by atoms with E-state index in [0.29, 0.717) is 32.5 Å². The molecule has 13 heavy (non-hydrogen) atoms. The second kappa shape index (κ2) is 2.85. The summed E-state index contributed by atoms with van der Waals surface area (Å²) in [5.74, 6) is 0. The molecule has 0 bridgehead atoms. The minimum atomic E-state index is -0.901.